The molecule has 3 rings (SSSR count). The molecule has 0 radical (unpaired) electrons. The molecule has 0 atom stereocenters. The molecule has 0 spiro atoms. The first-order valence-corrected chi connectivity index (χ1v) is 7.34. The van der Waals surface area contributed by atoms with Crippen LogP contribution in [0.2, 0.25) is 0 Å². The van der Waals surface area contributed by atoms with Gasteiger partial charge in [0.15, 0.2) is 5.96 Å². The summed E-state index contributed by atoms with van der Waals surface area (Å²) in [6, 6.07) is 8.49. The van der Waals surface area contributed by atoms with Gasteiger partial charge in [-0.15, -0.1) is 0 Å². The van der Waals surface area contributed by atoms with Gasteiger partial charge in [-0.25, -0.2) is 4.99 Å². The quantitative estimate of drug-likeness (QED) is 0.665. The summed E-state index contributed by atoms with van der Waals surface area (Å²) < 4.78 is 5.50. The highest BCUT2D eigenvalue weighted by Gasteiger charge is 2.13. The Kier molecular flexibility index (Phi) is 3.90. The normalized spacial score (nSPS) is 17.5. The molecule has 1 aliphatic carbocycles. The van der Waals surface area contributed by atoms with Crippen LogP contribution in [0.15, 0.2) is 39.9 Å². The molecule has 1 fully saturated rings. The summed E-state index contributed by atoms with van der Waals surface area (Å²) >= 11 is 0. The summed E-state index contributed by atoms with van der Waals surface area (Å²) in [5.41, 5.74) is 7.95. The van der Waals surface area contributed by atoms with Crippen molar-refractivity contribution in [1.29, 1.82) is 0 Å². The molecule has 1 aliphatic rings. The highest BCUT2D eigenvalue weighted by molar-refractivity contribution is 5.82. The van der Waals surface area contributed by atoms with Crippen molar-refractivity contribution in [1.82, 2.24) is 5.32 Å². The number of nitrogens with two attached hydrogens (primary N) is 1. The third kappa shape index (κ3) is 2.95. The molecule has 2 aromatic rings. The number of hydrogen-bond acceptors (Lipinski definition) is 2. The van der Waals surface area contributed by atoms with Gasteiger partial charge in [-0.1, -0.05) is 37.5 Å². The summed E-state index contributed by atoms with van der Waals surface area (Å²) in [7, 11) is 0. The number of fused-ring (bicyclic) bond motifs is 1. The Morgan fingerprint density at radius 1 is 1.25 bits per heavy atom. The highest BCUT2D eigenvalue weighted by Crippen LogP contribution is 2.21. The Balaban J connectivity index is 1.63. The van der Waals surface area contributed by atoms with Gasteiger partial charge in [-0.05, 0) is 18.9 Å². The Hall–Kier alpha value is -1.97. The Bertz CT molecular complexity index is 597. The van der Waals surface area contributed by atoms with Gasteiger partial charge in [0.05, 0.1) is 12.8 Å². The van der Waals surface area contributed by atoms with E-state index in [1.165, 1.54) is 32.1 Å². The van der Waals surface area contributed by atoms with Crippen LogP contribution in [0.1, 0.15) is 37.7 Å². The van der Waals surface area contributed by atoms with Crippen molar-refractivity contribution in [2.75, 3.05) is 0 Å². The van der Waals surface area contributed by atoms with Gasteiger partial charge in [0, 0.05) is 17.0 Å². The number of nitrogens with one attached hydrogen (secondary N) is 1. The molecule has 1 aromatic heterocycles. The minimum atomic E-state index is 0.494. The molecule has 0 saturated heterocycles. The number of nitrogens with zero attached hydrogens (tertiary/aromatic N) is 1. The zero-order valence-electron chi connectivity index (χ0n) is 11.6. The second-order valence-corrected chi connectivity index (χ2v) is 5.44. The van der Waals surface area contributed by atoms with Crippen LogP contribution in [0.5, 0.6) is 0 Å². The maximum Gasteiger partial charge on any atom is 0.189 e. The number of hydrogen-bond donors (Lipinski definition) is 2. The highest BCUT2D eigenvalue weighted by atomic mass is 16.3. The first-order chi connectivity index (χ1) is 9.83. The molecule has 0 aliphatic heterocycles. The third-order valence-corrected chi connectivity index (χ3v) is 3.94. The van der Waals surface area contributed by atoms with E-state index in [2.05, 4.69) is 16.4 Å². The van der Waals surface area contributed by atoms with Gasteiger partial charge in [-0.2, -0.15) is 0 Å². The molecule has 1 heterocycles. The van der Waals surface area contributed by atoms with Gasteiger partial charge in [0.25, 0.3) is 0 Å². The van der Waals surface area contributed by atoms with E-state index in [-0.39, 0.29) is 0 Å². The van der Waals surface area contributed by atoms with E-state index in [9.17, 15) is 0 Å². The van der Waals surface area contributed by atoms with Crippen molar-refractivity contribution in [2.24, 2.45) is 10.7 Å². The van der Waals surface area contributed by atoms with Crippen molar-refractivity contribution in [2.45, 2.75) is 44.7 Å². The van der Waals surface area contributed by atoms with Crippen LogP contribution >= 0.6 is 0 Å². The fourth-order valence-electron chi connectivity index (χ4n) is 2.83. The van der Waals surface area contributed by atoms with E-state index < -0.39 is 0 Å². The molecular weight excluding hydrogens is 250 g/mol. The van der Waals surface area contributed by atoms with E-state index in [0.29, 0.717) is 18.5 Å². The lowest BCUT2D eigenvalue weighted by Crippen LogP contribution is -2.41. The minimum Gasteiger partial charge on any atom is -0.464 e. The zero-order chi connectivity index (χ0) is 13.8. The second kappa shape index (κ2) is 5.99. The van der Waals surface area contributed by atoms with E-state index >= 15 is 0 Å². The Morgan fingerprint density at radius 2 is 2.05 bits per heavy atom. The van der Waals surface area contributed by atoms with Crippen LogP contribution in [-0.4, -0.2) is 12.0 Å². The van der Waals surface area contributed by atoms with Crippen LogP contribution in [0, 0.1) is 0 Å². The van der Waals surface area contributed by atoms with Crippen molar-refractivity contribution in [3.63, 3.8) is 0 Å². The third-order valence-electron chi connectivity index (χ3n) is 3.94. The van der Waals surface area contributed by atoms with Crippen molar-refractivity contribution >= 4 is 16.9 Å². The number of aliphatic imine (C=N–C) groups is 1. The first kappa shape index (κ1) is 13.0. The number of para-hydroxylation sites is 1. The maximum atomic E-state index is 5.97. The monoisotopic (exact) mass is 271 g/mol. The van der Waals surface area contributed by atoms with E-state index in [4.69, 9.17) is 10.2 Å². The fourth-order valence-corrected chi connectivity index (χ4v) is 2.83. The average Bonchev–Trinajstić information content (AvgIpc) is 2.89. The largest absolute Gasteiger partial charge is 0.464 e. The maximum absolute atomic E-state index is 5.97. The predicted molar refractivity (Wildman–Crippen MR) is 81.5 cm³/mol. The van der Waals surface area contributed by atoms with Gasteiger partial charge < -0.3 is 15.5 Å². The topological polar surface area (TPSA) is 63.5 Å². The minimum absolute atomic E-state index is 0.494. The molecule has 1 saturated carbocycles. The summed E-state index contributed by atoms with van der Waals surface area (Å²) in [6.45, 7) is 0.558. The number of rotatable bonds is 3. The van der Waals surface area contributed by atoms with Crippen LogP contribution in [0.3, 0.4) is 0 Å². The lowest BCUT2D eigenvalue weighted by molar-refractivity contribution is 0.412. The SMILES string of the molecule is NC(=NCc1coc2ccccc12)NC1CCCCC1. The smallest absolute Gasteiger partial charge is 0.189 e. The van der Waals surface area contributed by atoms with Crippen LogP contribution in [-0.2, 0) is 6.54 Å². The molecule has 20 heavy (non-hydrogen) atoms. The summed E-state index contributed by atoms with van der Waals surface area (Å²) in [6.07, 6.45) is 8.09. The molecule has 106 valence electrons. The van der Waals surface area contributed by atoms with Crippen LogP contribution < -0.4 is 11.1 Å². The van der Waals surface area contributed by atoms with E-state index in [1.807, 2.05) is 18.2 Å². The standard InChI is InChI=1S/C16H21N3O/c17-16(19-13-6-2-1-3-7-13)18-10-12-11-20-15-9-5-4-8-14(12)15/h4-5,8-9,11,13H,1-3,6-7,10H2,(H3,17,18,19). The zero-order valence-corrected chi connectivity index (χ0v) is 11.6. The number of benzene rings is 1. The Labute approximate surface area is 119 Å². The van der Waals surface area contributed by atoms with Crippen LogP contribution in [0.4, 0.5) is 0 Å². The molecule has 4 heteroatoms. The molecule has 4 nitrogen and oxygen atoms in total. The molecule has 0 amide bonds. The molecule has 0 bridgehead atoms. The van der Waals surface area contributed by atoms with E-state index in [0.717, 1.165) is 16.5 Å². The van der Waals surface area contributed by atoms with Gasteiger partial charge in [0.1, 0.15) is 5.58 Å². The van der Waals surface area contributed by atoms with Crippen molar-refractivity contribution in [3.8, 4) is 0 Å². The first-order valence-electron chi connectivity index (χ1n) is 7.34. The molecule has 0 unspecified atom stereocenters. The lowest BCUT2D eigenvalue weighted by atomic mass is 9.96. The average molecular weight is 271 g/mol. The Morgan fingerprint density at radius 3 is 2.90 bits per heavy atom. The van der Waals surface area contributed by atoms with E-state index in [1.54, 1.807) is 6.26 Å². The van der Waals surface area contributed by atoms with Gasteiger partial charge >= 0.3 is 0 Å². The molecule has 1 aromatic carbocycles. The number of furan rings is 1. The van der Waals surface area contributed by atoms with Crippen molar-refractivity contribution < 1.29 is 4.42 Å². The van der Waals surface area contributed by atoms with Crippen LogP contribution in [0.25, 0.3) is 11.0 Å². The lowest BCUT2D eigenvalue weighted by Gasteiger charge is -2.23. The molecular formula is C16H21N3O. The summed E-state index contributed by atoms with van der Waals surface area (Å²) in [5.74, 6) is 0.544. The fraction of sp³-hybridized carbons (Fsp3) is 0.438. The second-order valence-electron chi connectivity index (χ2n) is 5.44. The number of guanidine groups is 1. The van der Waals surface area contributed by atoms with Gasteiger partial charge in [-0.3, -0.25) is 0 Å². The van der Waals surface area contributed by atoms with Crippen molar-refractivity contribution in [3.05, 3.63) is 36.1 Å². The summed E-state index contributed by atoms with van der Waals surface area (Å²) in [4.78, 5) is 4.43. The molecule has 3 N–H and O–H groups in total. The van der Waals surface area contributed by atoms with Gasteiger partial charge in [0.2, 0.25) is 0 Å². The predicted octanol–water partition coefficient (Wildman–Crippen LogP) is 3.17. The summed E-state index contributed by atoms with van der Waals surface area (Å²) in [5, 5.41) is 4.44.